The summed E-state index contributed by atoms with van der Waals surface area (Å²) >= 11 is 0. The number of nitrogens with zero attached hydrogens (tertiary/aromatic N) is 1. The summed E-state index contributed by atoms with van der Waals surface area (Å²) in [5.41, 5.74) is 0.00637. The molecule has 5 heteroatoms. The van der Waals surface area contributed by atoms with Crippen molar-refractivity contribution in [3.05, 3.63) is 0 Å². The predicted molar refractivity (Wildman–Crippen MR) is 67.5 cm³/mol. The van der Waals surface area contributed by atoms with Crippen LogP contribution >= 0.6 is 0 Å². The third-order valence-corrected chi connectivity index (χ3v) is 3.79. The lowest BCUT2D eigenvalue weighted by molar-refractivity contribution is -0.146. The van der Waals surface area contributed by atoms with Crippen molar-refractivity contribution in [2.24, 2.45) is 11.3 Å². The molecule has 0 aromatic carbocycles. The van der Waals surface area contributed by atoms with Gasteiger partial charge in [0.15, 0.2) is 0 Å². The molecule has 0 amide bonds. The first-order valence-corrected chi connectivity index (χ1v) is 6.66. The average molecular weight is 266 g/mol. The highest BCUT2D eigenvalue weighted by molar-refractivity contribution is 4.89. The molecule has 0 saturated heterocycles. The second kappa shape index (κ2) is 6.24. The van der Waals surface area contributed by atoms with Gasteiger partial charge in [-0.3, -0.25) is 4.90 Å². The second-order valence-electron chi connectivity index (χ2n) is 6.02. The van der Waals surface area contributed by atoms with Crippen LogP contribution in [-0.4, -0.2) is 44.8 Å². The summed E-state index contributed by atoms with van der Waals surface area (Å²) in [4.78, 5) is 1.43. The van der Waals surface area contributed by atoms with E-state index in [1.165, 1.54) is 11.3 Å². The Labute approximate surface area is 108 Å². The summed E-state index contributed by atoms with van der Waals surface area (Å²) in [5, 5.41) is 3.16. The summed E-state index contributed by atoms with van der Waals surface area (Å²) in [6.07, 6.45) is 0.281. The lowest BCUT2D eigenvalue weighted by Crippen LogP contribution is -2.47. The van der Waals surface area contributed by atoms with E-state index < -0.39 is 12.7 Å². The molecular formula is C13H25F3N2. The number of hydrogen-bond acceptors (Lipinski definition) is 2. The normalized spacial score (nSPS) is 29.8. The van der Waals surface area contributed by atoms with Crippen LogP contribution in [-0.2, 0) is 0 Å². The van der Waals surface area contributed by atoms with Crippen LogP contribution < -0.4 is 5.32 Å². The van der Waals surface area contributed by atoms with E-state index in [4.69, 9.17) is 0 Å². The molecule has 1 rings (SSSR count). The van der Waals surface area contributed by atoms with Gasteiger partial charge in [0.2, 0.25) is 0 Å². The van der Waals surface area contributed by atoms with Gasteiger partial charge in [0, 0.05) is 13.1 Å². The van der Waals surface area contributed by atoms with Crippen molar-refractivity contribution in [1.82, 2.24) is 10.2 Å². The van der Waals surface area contributed by atoms with Gasteiger partial charge < -0.3 is 5.32 Å². The molecule has 18 heavy (non-hydrogen) atoms. The Morgan fingerprint density at radius 1 is 1.39 bits per heavy atom. The Kier molecular flexibility index (Phi) is 5.46. The SMILES string of the molecule is CNCC1(CN(C)CC(F)(F)F)CCCC(C)C1. The topological polar surface area (TPSA) is 15.3 Å². The van der Waals surface area contributed by atoms with Crippen LogP contribution in [0.2, 0.25) is 0 Å². The molecule has 1 fully saturated rings. The Morgan fingerprint density at radius 3 is 2.56 bits per heavy atom. The van der Waals surface area contributed by atoms with Crippen LogP contribution in [0, 0.1) is 11.3 Å². The van der Waals surface area contributed by atoms with Gasteiger partial charge in [-0.15, -0.1) is 0 Å². The maximum atomic E-state index is 12.4. The first kappa shape index (κ1) is 15.8. The van der Waals surface area contributed by atoms with Gasteiger partial charge in [0.05, 0.1) is 6.54 Å². The molecule has 1 N–H and O–H groups in total. The highest BCUT2D eigenvalue weighted by Crippen LogP contribution is 2.39. The first-order chi connectivity index (χ1) is 8.26. The molecular weight excluding hydrogens is 241 g/mol. The van der Waals surface area contributed by atoms with E-state index in [9.17, 15) is 13.2 Å². The lowest BCUT2D eigenvalue weighted by Gasteiger charge is -2.42. The maximum Gasteiger partial charge on any atom is 0.401 e. The highest BCUT2D eigenvalue weighted by Gasteiger charge is 2.37. The van der Waals surface area contributed by atoms with Crippen LogP contribution in [0.1, 0.15) is 32.6 Å². The van der Waals surface area contributed by atoms with Crippen LogP contribution in [0.15, 0.2) is 0 Å². The first-order valence-electron chi connectivity index (χ1n) is 6.66. The smallest absolute Gasteiger partial charge is 0.319 e. The van der Waals surface area contributed by atoms with Crippen molar-refractivity contribution >= 4 is 0 Å². The summed E-state index contributed by atoms with van der Waals surface area (Å²) < 4.78 is 37.2. The Morgan fingerprint density at radius 2 is 2.06 bits per heavy atom. The molecule has 1 saturated carbocycles. The van der Waals surface area contributed by atoms with Gasteiger partial charge in [0.1, 0.15) is 0 Å². The van der Waals surface area contributed by atoms with Crippen LogP contribution in [0.3, 0.4) is 0 Å². The average Bonchev–Trinajstić information content (AvgIpc) is 2.13. The van der Waals surface area contributed by atoms with E-state index in [-0.39, 0.29) is 5.41 Å². The minimum absolute atomic E-state index is 0.00637. The van der Waals surface area contributed by atoms with Crippen LogP contribution in [0.25, 0.3) is 0 Å². The van der Waals surface area contributed by atoms with Crippen molar-refractivity contribution in [3.8, 4) is 0 Å². The molecule has 0 spiro atoms. The monoisotopic (exact) mass is 266 g/mol. The molecule has 0 bridgehead atoms. The van der Waals surface area contributed by atoms with Crippen LogP contribution in [0.4, 0.5) is 13.2 Å². The van der Waals surface area contributed by atoms with E-state index in [2.05, 4.69) is 12.2 Å². The van der Waals surface area contributed by atoms with E-state index in [0.29, 0.717) is 12.5 Å². The quantitative estimate of drug-likeness (QED) is 0.823. The maximum absolute atomic E-state index is 12.4. The fraction of sp³-hybridized carbons (Fsp3) is 1.00. The van der Waals surface area contributed by atoms with Gasteiger partial charge in [-0.05, 0) is 38.3 Å². The molecule has 2 nitrogen and oxygen atoms in total. The van der Waals surface area contributed by atoms with Crippen molar-refractivity contribution in [2.75, 3.05) is 33.7 Å². The zero-order valence-electron chi connectivity index (χ0n) is 11.6. The molecule has 0 radical (unpaired) electrons. The van der Waals surface area contributed by atoms with Gasteiger partial charge in [-0.25, -0.2) is 0 Å². The number of nitrogens with one attached hydrogen (secondary N) is 1. The minimum Gasteiger partial charge on any atom is -0.319 e. The fourth-order valence-corrected chi connectivity index (χ4v) is 3.44. The largest absolute Gasteiger partial charge is 0.401 e. The number of rotatable bonds is 5. The lowest BCUT2D eigenvalue weighted by atomic mass is 9.69. The molecule has 108 valence electrons. The Bertz CT molecular complexity index is 251. The van der Waals surface area contributed by atoms with E-state index in [1.807, 2.05) is 7.05 Å². The van der Waals surface area contributed by atoms with E-state index in [1.54, 1.807) is 7.05 Å². The minimum atomic E-state index is -4.10. The molecule has 0 aromatic rings. The van der Waals surface area contributed by atoms with E-state index >= 15 is 0 Å². The zero-order valence-corrected chi connectivity index (χ0v) is 11.6. The molecule has 2 unspecified atom stereocenters. The summed E-state index contributed by atoms with van der Waals surface area (Å²) in [7, 11) is 3.45. The van der Waals surface area contributed by atoms with Crippen molar-refractivity contribution in [1.29, 1.82) is 0 Å². The van der Waals surface area contributed by atoms with Crippen molar-refractivity contribution in [2.45, 2.75) is 38.8 Å². The molecule has 2 atom stereocenters. The molecule has 0 heterocycles. The highest BCUT2D eigenvalue weighted by atomic mass is 19.4. The number of hydrogen-bond donors (Lipinski definition) is 1. The van der Waals surface area contributed by atoms with Gasteiger partial charge in [0.25, 0.3) is 0 Å². The van der Waals surface area contributed by atoms with Gasteiger partial charge in [-0.2, -0.15) is 13.2 Å². The Balaban J connectivity index is 2.61. The van der Waals surface area contributed by atoms with Crippen molar-refractivity contribution < 1.29 is 13.2 Å². The second-order valence-corrected chi connectivity index (χ2v) is 6.02. The third-order valence-electron chi connectivity index (χ3n) is 3.79. The standard InChI is InChI=1S/C13H25F3N2/c1-11-5-4-6-12(7-11,8-17-2)9-18(3)10-13(14,15)16/h11,17H,4-10H2,1-3H3. The molecule has 0 aliphatic heterocycles. The molecule has 1 aliphatic rings. The van der Waals surface area contributed by atoms with Crippen LogP contribution in [0.5, 0.6) is 0 Å². The van der Waals surface area contributed by atoms with Gasteiger partial charge in [-0.1, -0.05) is 19.8 Å². The van der Waals surface area contributed by atoms with Crippen molar-refractivity contribution in [3.63, 3.8) is 0 Å². The van der Waals surface area contributed by atoms with E-state index in [0.717, 1.165) is 25.8 Å². The fourth-order valence-electron chi connectivity index (χ4n) is 3.44. The third kappa shape index (κ3) is 5.14. The summed E-state index contributed by atoms with van der Waals surface area (Å²) in [6.45, 7) is 2.72. The Hall–Kier alpha value is -0.290. The zero-order chi connectivity index (χ0) is 13.8. The molecule has 0 aromatic heterocycles. The molecule has 1 aliphatic carbocycles. The predicted octanol–water partition coefficient (Wildman–Crippen LogP) is 2.90. The number of alkyl halides is 3. The summed E-state index contributed by atoms with van der Waals surface area (Å²) in [6, 6.07) is 0. The summed E-state index contributed by atoms with van der Waals surface area (Å²) in [5.74, 6) is 0.617. The number of halogens is 3. The van der Waals surface area contributed by atoms with Gasteiger partial charge >= 0.3 is 6.18 Å².